The highest BCUT2D eigenvalue weighted by atomic mass is 16.4. The third-order valence-corrected chi connectivity index (χ3v) is 2.95. The second kappa shape index (κ2) is 3.37. The highest BCUT2D eigenvalue weighted by Crippen LogP contribution is 2.37. The summed E-state index contributed by atoms with van der Waals surface area (Å²) >= 11 is 0. The minimum atomic E-state index is -0.765. The van der Waals surface area contributed by atoms with E-state index >= 15 is 0 Å². The Balaban J connectivity index is 2.18. The first kappa shape index (κ1) is 9.68. The predicted molar refractivity (Wildman–Crippen MR) is 51.6 cm³/mol. The summed E-state index contributed by atoms with van der Waals surface area (Å²) in [4.78, 5) is 4.01. The van der Waals surface area contributed by atoms with Crippen molar-refractivity contribution in [2.24, 2.45) is 5.73 Å². The second-order valence-electron chi connectivity index (χ2n) is 4.15. The summed E-state index contributed by atoms with van der Waals surface area (Å²) in [7, 11) is 0. The molecule has 1 heterocycles. The number of hydrogen-bond donors (Lipinski definition) is 2. The predicted octanol–water partition coefficient (Wildman–Crippen LogP) is 1.29. The van der Waals surface area contributed by atoms with E-state index in [9.17, 15) is 5.11 Å². The zero-order chi connectivity index (χ0) is 10.2. The number of hydrogen-bond acceptors (Lipinski definition) is 4. The van der Waals surface area contributed by atoms with E-state index in [2.05, 4.69) is 4.98 Å². The van der Waals surface area contributed by atoms with Gasteiger partial charge < -0.3 is 15.3 Å². The van der Waals surface area contributed by atoms with Gasteiger partial charge in [0.25, 0.3) is 0 Å². The maximum atomic E-state index is 10.0. The van der Waals surface area contributed by atoms with Crippen molar-refractivity contribution in [1.29, 1.82) is 0 Å². The summed E-state index contributed by atoms with van der Waals surface area (Å²) in [5, 5.41) is 10.0. The van der Waals surface area contributed by atoms with E-state index < -0.39 is 11.6 Å². The van der Waals surface area contributed by atoms with Gasteiger partial charge in [0.2, 0.25) is 5.89 Å². The zero-order valence-electron chi connectivity index (χ0n) is 8.36. The Morgan fingerprint density at radius 3 is 2.71 bits per heavy atom. The van der Waals surface area contributed by atoms with Crippen LogP contribution in [0.25, 0.3) is 0 Å². The molecule has 0 saturated heterocycles. The van der Waals surface area contributed by atoms with Gasteiger partial charge in [0.1, 0.15) is 11.9 Å². The Labute approximate surface area is 83.1 Å². The monoisotopic (exact) mass is 196 g/mol. The fourth-order valence-corrected chi connectivity index (χ4v) is 2.05. The van der Waals surface area contributed by atoms with Gasteiger partial charge in [0, 0.05) is 0 Å². The topological polar surface area (TPSA) is 72.3 Å². The van der Waals surface area contributed by atoms with Crippen molar-refractivity contribution in [3.63, 3.8) is 0 Å². The molecule has 0 amide bonds. The third-order valence-electron chi connectivity index (χ3n) is 2.95. The molecule has 1 fully saturated rings. The van der Waals surface area contributed by atoms with Gasteiger partial charge >= 0.3 is 0 Å². The molecular weight excluding hydrogens is 180 g/mol. The first-order valence-electron chi connectivity index (χ1n) is 5.01. The Hall–Kier alpha value is -0.870. The third kappa shape index (κ3) is 1.55. The van der Waals surface area contributed by atoms with E-state index in [1.165, 1.54) is 0 Å². The molecule has 0 bridgehead atoms. The second-order valence-corrected chi connectivity index (χ2v) is 4.15. The largest absolute Gasteiger partial charge is 0.443 e. The standard InChI is InChI=1S/C10H16N2O2/c1-7-6-12-9(14-7)8(13)10(11)4-2-3-5-10/h6,8,13H,2-5,11H2,1H3. The number of aryl methyl sites for hydroxylation is 1. The average molecular weight is 196 g/mol. The average Bonchev–Trinajstić information content (AvgIpc) is 2.74. The number of nitrogens with zero attached hydrogens (tertiary/aromatic N) is 1. The summed E-state index contributed by atoms with van der Waals surface area (Å²) < 4.78 is 5.28. The van der Waals surface area contributed by atoms with E-state index in [4.69, 9.17) is 10.2 Å². The van der Waals surface area contributed by atoms with Crippen LogP contribution in [-0.2, 0) is 0 Å². The lowest BCUT2D eigenvalue weighted by Crippen LogP contribution is -2.43. The molecule has 0 aromatic carbocycles. The molecule has 0 aliphatic heterocycles. The normalized spacial score (nSPS) is 22.5. The highest BCUT2D eigenvalue weighted by molar-refractivity contribution is 5.05. The molecule has 1 aliphatic rings. The summed E-state index contributed by atoms with van der Waals surface area (Å²) in [6.07, 6.45) is 4.68. The van der Waals surface area contributed by atoms with Crippen molar-refractivity contribution in [1.82, 2.24) is 4.98 Å². The first-order chi connectivity index (χ1) is 6.62. The van der Waals surface area contributed by atoms with Crippen molar-refractivity contribution < 1.29 is 9.52 Å². The molecule has 1 unspecified atom stereocenters. The van der Waals surface area contributed by atoms with Crippen LogP contribution in [0.15, 0.2) is 10.6 Å². The molecule has 3 N–H and O–H groups in total. The van der Waals surface area contributed by atoms with Crippen molar-refractivity contribution in [2.45, 2.75) is 44.2 Å². The number of rotatable bonds is 2. The van der Waals surface area contributed by atoms with E-state index in [0.29, 0.717) is 11.7 Å². The lowest BCUT2D eigenvalue weighted by molar-refractivity contribution is 0.0612. The van der Waals surface area contributed by atoms with Gasteiger partial charge in [-0.15, -0.1) is 0 Å². The van der Waals surface area contributed by atoms with Crippen LogP contribution in [0.3, 0.4) is 0 Å². The smallest absolute Gasteiger partial charge is 0.225 e. The Morgan fingerprint density at radius 2 is 2.21 bits per heavy atom. The molecule has 2 rings (SSSR count). The van der Waals surface area contributed by atoms with Crippen molar-refractivity contribution in [2.75, 3.05) is 0 Å². The minimum absolute atomic E-state index is 0.354. The van der Waals surface area contributed by atoms with Gasteiger partial charge in [0.15, 0.2) is 0 Å². The quantitative estimate of drug-likeness (QED) is 0.747. The van der Waals surface area contributed by atoms with Gasteiger partial charge in [-0.2, -0.15) is 0 Å². The van der Waals surface area contributed by atoms with Crippen LogP contribution in [0.4, 0.5) is 0 Å². The van der Waals surface area contributed by atoms with Gasteiger partial charge in [-0.05, 0) is 19.8 Å². The van der Waals surface area contributed by atoms with Gasteiger partial charge in [0.05, 0.1) is 11.7 Å². The molecule has 1 aromatic heterocycles. The van der Waals surface area contributed by atoms with Crippen LogP contribution in [0, 0.1) is 6.92 Å². The molecule has 4 nitrogen and oxygen atoms in total. The number of aromatic nitrogens is 1. The van der Waals surface area contributed by atoms with Crippen LogP contribution in [0.2, 0.25) is 0 Å². The molecule has 0 radical (unpaired) electrons. The van der Waals surface area contributed by atoms with Gasteiger partial charge in [-0.1, -0.05) is 12.8 Å². The summed E-state index contributed by atoms with van der Waals surface area (Å²) in [5.41, 5.74) is 5.56. The van der Waals surface area contributed by atoms with E-state index in [1.807, 2.05) is 0 Å². The molecule has 0 spiro atoms. The van der Waals surface area contributed by atoms with Crippen LogP contribution >= 0.6 is 0 Å². The van der Waals surface area contributed by atoms with Crippen LogP contribution in [0.5, 0.6) is 0 Å². The number of oxazole rings is 1. The molecule has 1 aliphatic carbocycles. The molecular formula is C10H16N2O2. The summed E-state index contributed by atoms with van der Waals surface area (Å²) in [6.45, 7) is 1.81. The molecule has 14 heavy (non-hydrogen) atoms. The molecule has 1 atom stereocenters. The van der Waals surface area contributed by atoms with E-state index in [0.717, 1.165) is 25.7 Å². The van der Waals surface area contributed by atoms with Crippen LogP contribution < -0.4 is 5.73 Å². The molecule has 78 valence electrons. The number of aliphatic hydroxyl groups excluding tert-OH is 1. The molecule has 1 aromatic rings. The Kier molecular flexibility index (Phi) is 2.33. The maximum absolute atomic E-state index is 10.0. The lowest BCUT2D eigenvalue weighted by atomic mass is 9.92. The van der Waals surface area contributed by atoms with Crippen molar-refractivity contribution >= 4 is 0 Å². The SMILES string of the molecule is Cc1cnc(C(O)C2(N)CCCC2)o1. The summed E-state index contributed by atoms with van der Waals surface area (Å²) in [5.74, 6) is 1.06. The van der Waals surface area contributed by atoms with Gasteiger partial charge in [-0.3, -0.25) is 0 Å². The van der Waals surface area contributed by atoms with Gasteiger partial charge in [-0.25, -0.2) is 4.98 Å². The maximum Gasteiger partial charge on any atom is 0.225 e. The van der Waals surface area contributed by atoms with Crippen LogP contribution in [-0.4, -0.2) is 15.6 Å². The lowest BCUT2D eigenvalue weighted by Gasteiger charge is -2.27. The molecule has 1 saturated carbocycles. The first-order valence-corrected chi connectivity index (χ1v) is 5.01. The summed E-state index contributed by atoms with van der Waals surface area (Å²) in [6, 6.07) is 0. The van der Waals surface area contributed by atoms with Crippen molar-refractivity contribution in [3.8, 4) is 0 Å². The number of aliphatic hydroxyl groups is 1. The fraction of sp³-hybridized carbons (Fsp3) is 0.700. The molecule has 4 heteroatoms. The Bertz CT molecular complexity index is 316. The fourth-order valence-electron chi connectivity index (χ4n) is 2.05. The highest BCUT2D eigenvalue weighted by Gasteiger charge is 2.39. The zero-order valence-corrected chi connectivity index (χ0v) is 8.36. The number of nitrogens with two attached hydrogens (primary N) is 1. The van der Waals surface area contributed by atoms with Crippen LogP contribution in [0.1, 0.15) is 43.4 Å². The Morgan fingerprint density at radius 1 is 1.57 bits per heavy atom. The van der Waals surface area contributed by atoms with Crippen molar-refractivity contribution in [3.05, 3.63) is 17.8 Å². The minimum Gasteiger partial charge on any atom is -0.443 e. The van der Waals surface area contributed by atoms with E-state index in [1.54, 1.807) is 13.1 Å². The van der Waals surface area contributed by atoms with E-state index in [-0.39, 0.29) is 0 Å².